The summed E-state index contributed by atoms with van der Waals surface area (Å²) in [4.78, 5) is 12.9. The van der Waals surface area contributed by atoms with E-state index in [0.29, 0.717) is 27.8 Å². The molecule has 1 heterocycles. The lowest BCUT2D eigenvalue weighted by Crippen LogP contribution is -2.32. The lowest BCUT2D eigenvalue weighted by molar-refractivity contribution is 0.0882. The van der Waals surface area contributed by atoms with Crippen molar-refractivity contribution in [2.75, 3.05) is 6.61 Å². The van der Waals surface area contributed by atoms with Crippen molar-refractivity contribution in [3.8, 4) is 17.0 Å². The van der Waals surface area contributed by atoms with Crippen LogP contribution in [0, 0.1) is 11.6 Å². The Morgan fingerprint density at radius 3 is 2.17 bits per heavy atom. The van der Waals surface area contributed by atoms with E-state index in [0.717, 1.165) is 0 Å². The van der Waals surface area contributed by atoms with E-state index in [-0.39, 0.29) is 30.3 Å². The highest BCUT2D eigenvalue weighted by Gasteiger charge is 2.15. The van der Waals surface area contributed by atoms with Gasteiger partial charge in [-0.15, -0.1) is 0 Å². The minimum Gasteiger partial charge on any atom is -0.491 e. The molecular weight excluding hydrogens is 390 g/mol. The fourth-order valence-electron chi connectivity index (χ4n) is 3.16. The van der Waals surface area contributed by atoms with Gasteiger partial charge in [-0.05, 0) is 54.6 Å². The van der Waals surface area contributed by atoms with Crippen LogP contribution in [-0.2, 0) is 6.54 Å². The van der Waals surface area contributed by atoms with E-state index in [2.05, 4.69) is 5.10 Å². The van der Waals surface area contributed by atoms with E-state index < -0.39 is 6.10 Å². The number of halogens is 2. The van der Waals surface area contributed by atoms with Crippen LogP contribution in [0.2, 0.25) is 0 Å². The quantitative estimate of drug-likeness (QED) is 0.527. The van der Waals surface area contributed by atoms with Crippen molar-refractivity contribution in [2.45, 2.75) is 12.6 Å². The van der Waals surface area contributed by atoms with E-state index in [1.807, 2.05) is 0 Å². The number of nitrogens with zero attached hydrogens (tertiary/aromatic N) is 2. The highest BCUT2D eigenvalue weighted by molar-refractivity contribution is 5.93. The molecule has 0 fully saturated rings. The molecule has 0 aliphatic heterocycles. The Kier molecular flexibility index (Phi) is 5.54. The van der Waals surface area contributed by atoms with Crippen LogP contribution in [0.5, 0.6) is 5.75 Å². The third-order valence-corrected chi connectivity index (χ3v) is 4.63. The fraction of sp³-hybridized carbons (Fsp3) is 0.130. The van der Waals surface area contributed by atoms with Gasteiger partial charge in [0, 0.05) is 10.9 Å². The van der Waals surface area contributed by atoms with Gasteiger partial charge in [-0.3, -0.25) is 4.79 Å². The molecule has 7 heteroatoms. The number of hydrogen-bond donors (Lipinski definition) is 1. The summed E-state index contributed by atoms with van der Waals surface area (Å²) >= 11 is 0. The SMILES string of the molecule is O=c1c2ccccc2c(-c2ccc(F)cc2)nn1CC(O)COc1ccc(F)cc1. The van der Waals surface area contributed by atoms with Gasteiger partial charge < -0.3 is 9.84 Å². The van der Waals surface area contributed by atoms with Crippen LogP contribution in [-0.4, -0.2) is 27.6 Å². The van der Waals surface area contributed by atoms with E-state index >= 15 is 0 Å². The Morgan fingerprint density at radius 1 is 0.900 bits per heavy atom. The zero-order valence-corrected chi connectivity index (χ0v) is 15.8. The van der Waals surface area contributed by atoms with Crippen LogP contribution in [0.4, 0.5) is 8.78 Å². The van der Waals surface area contributed by atoms with Gasteiger partial charge in [0.05, 0.1) is 17.6 Å². The third kappa shape index (κ3) is 4.21. The first-order chi connectivity index (χ1) is 14.5. The summed E-state index contributed by atoms with van der Waals surface area (Å²) in [7, 11) is 0. The van der Waals surface area contributed by atoms with Crippen LogP contribution in [0.1, 0.15) is 0 Å². The standard InChI is InChI=1S/C23H18F2N2O3/c24-16-7-5-15(6-8-16)22-20-3-1-2-4-21(20)23(29)27(26-22)13-18(28)14-30-19-11-9-17(25)10-12-19/h1-12,18,28H,13-14H2. The molecule has 0 aliphatic carbocycles. The Bertz CT molecular complexity index is 1220. The molecule has 0 radical (unpaired) electrons. The van der Waals surface area contributed by atoms with Crippen LogP contribution in [0.15, 0.2) is 77.6 Å². The number of benzene rings is 3. The second kappa shape index (κ2) is 8.42. The minimum absolute atomic E-state index is 0.0982. The number of rotatable bonds is 6. The van der Waals surface area contributed by atoms with Crippen LogP contribution < -0.4 is 10.3 Å². The highest BCUT2D eigenvalue weighted by atomic mass is 19.1. The lowest BCUT2D eigenvalue weighted by atomic mass is 10.1. The highest BCUT2D eigenvalue weighted by Crippen LogP contribution is 2.24. The summed E-state index contributed by atoms with van der Waals surface area (Å²) in [5.41, 5.74) is 0.813. The topological polar surface area (TPSA) is 64.4 Å². The van der Waals surface area contributed by atoms with Gasteiger partial charge in [-0.2, -0.15) is 5.10 Å². The van der Waals surface area contributed by atoms with E-state index in [1.54, 1.807) is 36.4 Å². The van der Waals surface area contributed by atoms with Crippen molar-refractivity contribution in [1.29, 1.82) is 0 Å². The van der Waals surface area contributed by atoms with Crippen molar-refractivity contribution in [3.63, 3.8) is 0 Å². The van der Waals surface area contributed by atoms with E-state index in [9.17, 15) is 18.7 Å². The Balaban J connectivity index is 1.63. The van der Waals surface area contributed by atoms with Crippen molar-refractivity contribution in [1.82, 2.24) is 9.78 Å². The van der Waals surface area contributed by atoms with E-state index in [1.165, 1.54) is 41.1 Å². The Labute approximate surface area is 170 Å². The molecule has 4 rings (SSSR count). The summed E-state index contributed by atoms with van der Waals surface area (Å²) in [6, 6.07) is 18.3. The Morgan fingerprint density at radius 2 is 1.50 bits per heavy atom. The number of aromatic nitrogens is 2. The van der Waals surface area contributed by atoms with Crippen molar-refractivity contribution < 1.29 is 18.6 Å². The van der Waals surface area contributed by atoms with Crippen molar-refractivity contribution >= 4 is 10.8 Å². The monoisotopic (exact) mass is 408 g/mol. The smallest absolute Gasteiger partial charge is 0.274 e. The van der Waals surface area contributed by atoms with Crippen molar-refractivity contribution in [3.05, 3.63) is 94.8 Å². The van der Waals surface area contributed by atoms with Crippen molar-refractivity contribution in [2.24, 2.45) is 0 Å². The molecule has 1 atom stereocenters. The first-order valence-corrected chi connectivity index (χ1v) is 9.33. The molecule has 0 bridgehead atoms. The van der Waals surface area contributed by atoms with E-state index in [4.69, 9.17) is 4.74 Å². The predicted octanol–water partition coefficient (Wildman–Crippen LogP) is 3.78. The minimum atomic E-state index is -1.03. The molecule has 1 N–H and O–H groups in total. The molecule has 0 aliphatic rings. The molecule has 0 saturated carbocycles. The van der Waals surface area contributed by atoms with Crippen LogP contribution in [0.25, 0.3) is 22.0 Å². The summed E-state index contributed by atoms with van der Waals surface area (Å²) in [5, 5.41) is 15.9. The van der Waals surface area contributed by atoms with Crippen LogP contribution >= 0.6 is 0 Å². The van der Waals surface area contributed by atoms with Crippen LogP contribution in [0.3, 0.4) is 0 Å². The summed E-state index contributed by atoms with van der Waals surface area (Å²) in [6.07, 6.45) is -1.03. The number of hydrogen-bond acceptors (Lipinski definition) is 4. The Hall–Kier alpha value is -3.58. The summed E-state index contributed by atoms with van der Waals surface area (Å²) in [5.74, 6) is -0.353. The van der Waals surface area contributed by atoms with Gasteiger partial charge in [-0.1, -0.05) is 18.2 Å². The molecule has 5 nitrogen and oxygen atoms in total. The number of ether oxygens (including phenoxy) is 1. The lowest BCUT2D eigenvalue weighted by Gasteiger charge is -2.15. The summed E-state index contributed by atoms with van der Waals surface area (Å²) < 4.78 is 32.9. The maximum absolute atomic E-state index is 13.3. The second-order valence-electron chi connectivity index (χ2n) is 6.81. The average molecular weight is 408 g/mol. The maximum atomic E-state index is 13.3. The number of aliphatic hydroxyl groups excluding tert-OH is 1. The first kappa shape index (κ1) is 19.7. The molecule has 0 spiro atoms. The second-order valence-corrected chi connectivity index (χ2v) is 6.81. The molecule has 4 aromatic rings. The maximum Gasteiger partial charge on any atom is 0.274 e. The predicted molar refractivity (Wildman–Crippen MR) is 109 cm³/mol. The third-order valence-electron chi connectivity index (χ3n) is 4.63. The zero-order chi connectivity index (χ0) is 21.1. The molecule has 30 heavy (non-hydrogen) atoms. The van der Waals surface area contributed by atoms with Gasteiger partial charge >= 0.3 is 0 Å². The summed E-state index contributed by atoms with van der Waals surface area (Å²) in [6.45, 7) is -0.197. The molecule has 0 saturated heterocycles. The average Bonchev–Trinajstić information content (AvgIpc) is 2.76. The van der Waals surface area contributed by atoms with Gasteiger partial charge in [0.15, 0.2) is 0 Å². The van der Waals surface area contributed by atoms with Gasteiger partial charge in [0.25, 0.3) is 5.56 Å². The molecular formula is C23H18F2N2O3. The molecule has 3 aromatic carbocycles. The molecule has 1 unspecified atom stereocenters. The molecule has 0 amide bonds. The molecule has 1 aromatic heterocycles. The normalized spacial score (nSPS) is 12.1. The van der Waals surface area contributed by atoms with Gasteiger partial charge in [-0.25, -0.2) is 13.5 Å². The largest absolute Gasteiger partial charge is 0.491 e. The first-order valence-electron chi connectivity index (χ1n) is 9.33. The zero-order valence-electron chi connectivity index (χ0n) is 15.8. The fourth-order valence-corrected chi connectivity index (χ4v) is 3.16. The number of aliphatic hydroxyl groups is 1. The number of fused-ring (bicyclic) bond motifs is 1. The molecule has 152 valence electrons. The van der Waals surface area contributed by atoms with Gasteiger partial charge in [0.2, 0.25) is 0 Å². The van der Waals surface area contributed by atoms with Gasteiger partial charge in [0.1, 0.15) is 30.1 Å².